The van der Waals surface area contributed by atoms with Crippen LogP contribution in [-0.2, 0) is 12.8 Å². The summed E-state index contributed by atoms with van der Waals surface area (Å²) in [5.41, 5.74) is 2.28. The van der Waals surface area contributed by atoms with Crippen LogP contribution >= 0.6 is 27.3 Å². The molecule has 3 rings (SSSR count). The summed E-state index contributed by atoms with van der Waals surface area (Å²) in [6, 6.07) is 4.12. The minimum atomic E-state index is -0.520. The Morgan fingerprint density at radius 2 is 2.37 bits per heavy atom. The van der Waals surface area contributed by atoms with Gasteiger partial charge in [-0.15, -0.1) is 11.3 Å². The highest BCUT2D eigenvalue weighted by molar-refractivity contribution is 9.10. The third-order valence-corrected chi connectivity index (χ3v) is 4.68. The summed E-state index contributed by atoms with van der Waals surface area (Å²) in [6.07, 6.45) is 2.74. The Labute approximate surface area is 124 Å². The summed E-state index contributed by atoms with van der Waals surface area (Å²) in [4.78, 5) is 5.09. The lowest BCUT2D eigenvalue weighted by Gasteiger charge is -2.12. The first-order chi connectivity index (χ1) is 9.13. The largest absolute Gasteiger partial charge is 0.493 e. The van der Waals surface area contributed by atoms with Crippen molar-refractivity contribution in [2.45, 2.75) is 25.9 Å². The van der Waals surface area contributed by atoms with Crippen LogP contribution in [0.25, 0.3) is 0 Å². The van der Waals surface area contributed by atoms with E-state index >= 15 is 0 Å². The van der Waals surface area contributed by atoms with E-state index in [2.05, 4.69) is 27.0 Å². The lowest BCUT2D eigenvalue weighted by molar-refractivity contribution is 0.180. The molecule has 1 aromatic heterocycles. The van der Waals surface area contributed by atoms with Crippen molar-refractivity contribution >= 4 is 27.3 Å². The summed E-state index contributed by atoms with van der Waals surface area (Å²) in [6.45, 7) is 2.68. The monoisotopic (exact) mass is 339 g/mol. The number of thiazole rings is 1. The van der Waals surface area contributed by atoms with Gasteiger partial charge in [0.25, 0.3) is 0 Å². The zero-order valence-corrected chi connectivity index (χ0v) is 12.9. The van der Waals surface area contributed by atoms with Crippen LogP contribution in [0.4, 0.5) is 0 Å². The van der Waals surface area contributed by atoms with Crippen molar-refractivity contribution < 1.29 is 9.84 Å². The number of aryl methyl sites for hydroxylation is 1. The molecule has 0 spiro atoms. The molecule has 0 radical (unpaired) electrons. The maximum absolute atomic E-state index is 10.3. The number of halogens is 1. The molecule has 0 amide bonds. The predicted molar refractivity (Wildman–Crippen MR) is 78.9 cm³/mol. The van der Waals surface area contributed by atoms with Crippen molar-refractivity contribution in [3.63, 3.8) is 0 Å². The molecule has 1 atom stereocenters. The molecule has 0 fully saturated rings. The molecule has 3 nitrogen and oxygen atoms in total. The number of ether oxygens (including phenoxy) is 1. The van der Waals surface area contributed by atoms with Gasteiger partial charge in [-0.2, -0.15) is 0 Å². The summed E-state index contributed by atoms with van der Waals surface area (Å²) in [5, 5.41) is 11.3. The molecule has 5 heteroatoms. The molecule has 2 heterocycles. The molecule has 0 saturated carbocycles. The van der Waals surface area contributed by atoms with Gasteiger partial charge in [-0.1, -0.05) is 15.9 Å². The predicted octanol–water partition coefficient (Wildman–Crippen LogP) is 3.43. The van der Waals surface area contributed by atoms with Gasteiger partial charge in [-0.3, -0.25) is 0 Å². The molecular weight excluding hydrogens is 326 g/mol. The summed E-state index contributed by atoms with van der Waals surface area (Å²) < 4.78 is 6.72. The smallest absolute Gasteiger partial charge is 0.125 e. The Hall–Kier alpha value is -0.910. The lowest BCUT2D eigenvalue weighted by Crippen LogP contribution is -2.01. The lowest BCUT2D eigenvalue weighted by atomic mass is 10.0. The number of hydrogen-bond donors (Lipinski definition) is 1. The van der Waals surface area contributed by atoms with Gasteiger partial charge < -0.3 is 9.84 Å². The third kappa shape index (κ3) is 2.68. The van der Waals surface area contributed by atoms with Gasteiger partial charge in [0.15, 0.2) is 0 Å². The maximum Gasteiger partial charge on any atom is 0.125 e. The van der Waals surface area contributed by atoms with Gasteiger partial charge in [0.2, 0.25) is 0 Å². The maximum atomic E-state index is 10.3. The van der Waals surface area contributed by atoms with E-state index in [0.29, 0.717) is 6.42 Å². The van der Waals surface area contributed by atoms with Gasteiger partial charge in [0, 0.05) is 23.5 Å². The highest BCUT2D eigenvalue weighted by Gasteiger charge is 2.20. The van der Waals surface area contributed by atoms with Crippen molar-refractivity contribution in [1.82, 2.24) is 4.98 Å². The minimum absolute atomic E-state index is 0.520. The summed E-state index contributed by atoms with van der Waals surface area (Å²) >= 11 is 5.06. The fraction of sp³-hybridized carbons (Fsp3) is 0.357. The summed E-state index contributed by atoms with van der Waals surface area (Å²) in [7, 11) is 0. The van der Waals surface area contributed by atoms with E-state index in [4.69, 9.17) is 4.74 Å². The number of aromatic nitrogens is 1. The van der Waals surface area contributed by atoms with Crippen molar-refractivity contribution in [3.8, 4) is 5.75 Å². The van der Waals surface area contributed by atoms with Crippen LogP contribution in [0.1, 0.15) is 27.1 Å². The Morgan fingerprint density at radius 1 is 1.53 bits per heavy atom. The van der Waals surface area contributed by atoms with Gasteiger partial charge >= 0.3 is 0 Å². The molecule has 0 saturated heterocycles. The first-order valence-corrected chi connectivity index (χ1v) is 7.79. The van der Waals surface area contributed by atoms with E-state index in [-0.39, 0.29) is 0 Å². The summed E-state index contributed by atoms with van der Waals surface area (Å²) in [5.74, 6) is 0.948. The average Bonchev–Trinajstić information content (AvgIpc) is 2.97. The molecule has 2 aromatic rings. The molecule has 19 heavy (non-hydrogen) atoms. The average molecular weight is 340 g/mol. The second-order valence-electron chi connectivity index (χ2n) is 4.65. The van der Waals surface area contributed by atoms with E-state index in [0.717, 1.165) is 38.7 Å². The second kappa shape index (κ2) is 5.23. The number of hydrogen-bond acceptors (Lipinski definition) is 4. The first-order valence-electron chi connectivity index (χ1n) is 6.18. The topological polar surface area (TPSA) is 42.4 Å². The van der Waals surface area contributed by atoms with Crippen molar-refractivity contribution in [2.75, 3.05) is 6.61 Å². The van der Waals surface area contributed by atoms with Crippen LogP contribution < -0.4 is 4.74 Å². The van der Waals surface area contributed by atoms with E-state index in [9.17, 15) is 5.11 Å². The minimum Gasteiger partial charge on any atom is -0.493 e. The van der Waals surface area contributed by atoms with Crippen molar-refractivity contribution in [2.24, 2.45) is 0 Å². The zero-order chi connectivity index (χ0) is 13.4. The van der Waals surface area contributed by atoms with Crippen LogP contribution in [0.5, 0.6) is 5.75 Å². The first kappa shape index (κ1) is 13.1. The fourth-order valence-corrected chi connectivity index (χ4v) is 3.66. The zero-order valence-electron chi connectivity index (χ0n) is 10.5. The molecule has 0 aliphatic carbocycles. The van der Waals surface area contributed by atoms with Crippen LogP contribution in [-0.4, -0.2) is 16.7 Å². The van der Waals surface area contributed by atoms with E-state index in [1.54, 1.807) is 6.20 Å². The van der Waals surface area contributed by atoms with E-state index in [1.165, 1.54) is 16.9 Å². The fourth-order valence-electron chi connectivity index (χ4n) is 2.34. The van der Waals surface area contributed by atoms with Crippen molar-refractivity contribution in [3.05, 3.63) is 43.8 Å². The molecule has 1 aromatic carbocycles. The van der Waals surface area contributed by atoms with Crippen LogP contribution in [0, 0.1) is 6.92 Å². The van der Waals surface area contributed by atoms with Crippen LogP contribution in [0.3, 0.4) is 0 Å². The highest BCUT2D eigenvalue weighted by atomic mass is 79.9. The Bertz CT molecular complexity index is 611. The Balaban J connectivity index is 1.87. The van der Waals surface area contributed by atoms with Gasteiger partial charge in [-0.25, -0.2) is 4.98 Å². The quantitative estimate of drug-likeness (QED) is 0.931. The molecular formula is C14H14BrNO2S. The SMILES string of the molecule is Cc1ncc(C(O)Cc2cc(Br)cc3c2OCC3)s1. The molecule has 0 bridgehead atoms. The molecule has 1 unspecified atom stereocenters. The van der Waals surface area contributed by atoms with Gasteiger partial charge in [0.1, 0.15) is 5.75 Å². The number of benzene rings is 1. The number of aliphatic hydroxyl groups is 1. The number of fused-ring (bicyclic) bond motifs is 1. The van der Waals surface area contributed by atoms with E-state index < -0.39 is 6.10 Å². The number of rotatable bonds is 3. The van der Waals surface area contributed by atoms with Crippen LogP contribution in [0.2, 0.25) is 0 Å². The van der Waals surface area contributed by atoms with Gasteiger partial charge in [0.05, 0.1) is 22.6 Å². The van der Waals surface area contributed by atoms with Crippen molar-refractivity contribution in [1.29, 1.82) is 0 Å². The second-order valence-corrected chi connectivity index (χ2v) is 6.84. The van der Waals surface area contributed by atoms with Crippen LogP contribution in [0.15, 0.2) is 22.8 Å². The number of aliphatic hydroxyl groups excluding tert-OH is 1. The Kier molecular flexibility index (Phi) is 3.60. The van der Waals surface area contributed by atoms with Gasteiger partial charge in [-0.05, 0) is 30.2 Å². The molecule has 1 aliphatic heterocycles. The molecule has 1 N–H and O–H groups in total. The standard InChI is InChI=1S/C14H14BrNO2S/c1-8-16-7-13(19-8)12(17)6-10-5-11(15)4-9-2-3-18-14(9)10/h4-5,7,12,17H,2-3,6H2,1H3. The highest BCUT2D eigenvalue weighted by Crippen LogP contribution is 2.36. The third-order valence-electron chi connectivity index (χ3n) is 3.21. The van der Waals surface area contributed by atoms with E-state index in [1.807, 2.05) is 13.0 Å². The Morgan fingerprint density at radius 3 is 3.11 bits per heavy atom. The normalized spacial score (nSPS) is 15.1. The molecule has 100 valence electrons. The number of nitrogens with zero attached hydrogens (tertiary/aromatic N) is 1. The molecule has 1 aliphatic rings.